The third-order valence-electron chi connectivity index (χ3n) is 4.63. The molecule has 0 fully saturated rings. The van der Waals surface area contributed by atoms with Gasteiger partial charge >= 0.3 is 0 Å². The maximum absolute atomic E-state index is 12.5. The zero-order valence-corrected chi connectivity index (χ0v) is 16.4. The number of benzene rings is 1. The van der Waals surface area contributed by atoms with Crippen molar-refractivity contribution in [1.29, 1.82) is 0 Å². The van der Waals surface area contributed by atoms with Crippen molar-refractivity contribution in [3.05, 3.63) is 69.8 Å². The van der Waals surface area contributed by atoms with Crippen LogP contribution in [0.5, 0.6) is 5.88 Å². The zero-order valence-electron chi connectivity index (χ0n) is 16.4. The molecule has 0 aliphatic carbocycles. The normalized spacial score (nSPS) is 17.1. The number of aliphatic hydroxyl groups is 1. The van der Waals surface area contributed by atoms with Gasteiger partial charge in [0.05, 0.1) is 18.8 Å². The Labute approximate surface area is 172 Å². The molecule has 4 bridgehead atoms. The van der Waals surface area contributed by atoms with Gasteiger partial charge in [-0.05, 0) is 18.1 Å². The van der Waals surface area contributed by atoms with E-state index in [1.807, 2.05) is 6.07 Å². The van der Waals surface area contributed by atoms with Crippen LogP contribution >= 0.6 is 0 Å². The summed E-state index contributed by atoms with van der Waals surface area (Å²) in [6.07, 6.45) is 1.11. The molecule has 4 rings (SSSR count). The molecule has 3 aromatic rings. The molecule has 0 saturated carbocycles. The van der Waals surface area contributed by atoms with Crippen molar-refractivity contribution in [3.8, 4) is 5.88 Å². The van der Waals surface area contributed by atoms with Gasteiger partial charge in [-0.2, -0.15) is 5.10 Å². The first-order chi connectivity index (χ1) is 14.5. The van der Waals surface area contributed by atoms with Gasteiger partial charge in [-0.3, -0.25) is 14.3 Å². The standard InChI is InChI=1S/C20H22N6O4/c1-25-12-15-18(24-25)20(29)21-8-3-9-30-16-6-7-17(27)26(23-16)11-13-4-2-5-14(10-13)19(28)22-15/h2,4-7,10,12,19,22,28H,3,8-9,11H2,1H3,(H,21,29). The summed E-state index contributed by atoms with van der Waals surface area (Å²) in [7, 11) is 1.70. The van der Waals surface area contributed by atoms with Gasteiger partial charge in [0.25, 0.3) is 11.5 Å². The van der Waals surface area contributed by atoms with Crippen molar-refractivity contribution in [2.24, 2.45) is 7.05 Å². The molecule has 3 N–H and O–H groups in total. The number of nitrogens with one attached hydrogen (secondary N) is 2. The lowest BCUT2D eigenvalue weighted by Crippen LogP contribution is -2.27. The van der Waals surface area contributed by atoms with Gasteiger partial charge in [0.15, 0.2) is 11.9 Å². The van der Waals surface area contributed by atoms with Crippen molar-refractivity contribution in [2.45, 2.75) is 19.2 Å². The predicted molar refractivity (Wildman–Crippen MR) is 108 cm³/mol. The van der Waals surface area contributed by atoms with Crippen molar-refractivity contribution in [3.63, 3.8) is 0 Å². The monoisotopic (exact) mass is 410 g/mol. The number of hydrogen-bond acceptors (Lipinski definition) is 7. The minimum Gasteiger partial charge on any atom is -0.477 e. The Kier molecular flexibility index (Phi) is 5.48. The van der Waals surface area contributed by atoms with Gasteiger partial charge in [-0.1, -0.05) is 18.2 Å². The average molecular weight is 410 g/mol. The van der Waals surface area contributed by atoms with Crippen LogP contribution in [0.1, 0.15) is 34.3 Å². The van der Waals surface area contributed by atoms with E-state index in [2.05, 4.69) is 20.8 Å². The Morgan fingerprint density at radius 3 is 2.93 bits per heavy atom. The molecule has 1 unspecified atom stereocenters. The lowest BCUT2D eigenvalue weighted by atomic mass is 10.1. The van der Waals surface area contributed by atoms with E-state index in [9.17, 15) is 14.7 Å². The molecular weight excluding hydrogens is 388 g/mol. The minimum atomic E-state index is -1.07. The molecule has 10 nitrogen and oxygen atoms in total. The molecular formula is C20H22N6O4. The molecule has 10 heteroatoms. The van der Waals surface area contributed by atoms with Crippen LogP contribution in [0.25, 0.3) is 0 Å². The summed E-state index contributed by atoms with van der Waals surface area (Å²) in [6, 6.07) is 10.1. The highest BCUT2D eigenvalue weighted by Gasteiger charge is 2.19. The Balaban J connectivity index is 1.69. The maximum atomic E-state index is 12.5. The van der Waals surface area contributed by atoms with Gasteiger partial charge in [-0.15, -0.1) is 5.10 Å². The van der Waals surface area contributed by atoms with Crippen LogP contribution in [-0.2, 0) is 13.6 Å². The van der Waals surface area contributed by atoms with E-state index in [4.69, 9.17) is 4.74 Å². The van der Waals surface area contributed by atoms with Crippen LogP contribution in [0.2, 0.25) is 0 Å². The number of aromatic nitrogens is 4. The first kappa shape index (κ1) is 19.6. The highest BCUT2D eigenvalue weighted by molar-refractivity contribution is 5.97. The molecule has 1 aliphatic heterocycles. The number of rotatable bonds is 0. The lowest BCUT2D eigenvalue weighted by molar-refractivity contribution is 0.0946. The summed E-state index contributed by atoms with van der Waals surface area (Å²) in [5.74, 6) is -0.0230. The topological polar surface area (TPSA) is 123 Å². The summed E-state index contributed by atoms with van der Waals surface area (Å²) in [6.45, 7) is 0.930. The van der Waals surface area contributed by atoms with Gasteiger partial charge in [-0.25, -0.2) is 4.68 Å². The van der Waals surface area contributed by atoms with Crippen molar-refractivity contribution < 1.29 is 14.6 Å². The van der Waals surface area contributed by atoms with Crippen LogP contribution in [0, 0.1) is 0 Å². The van der Waals surface area contributed by atoms with E-state index in [0.717, 1.165) is 5.56 Å². The number of carbonyl (C=O) groups excluding carboxylic acids is 1. The first-order valence-electron chi connectivity index (χ1n) is 9.56. The van der Waals surface area contributed by atoms with E-state index in [-0.39, 0.29) is 23.7 Å². The number of carbonyl (C=O) groups is 1. The second kappa shape index (κ2) is 8.37. The fourth-order valence-electron chi connectivity index (χ4n) is 3.18. The smallest absolute Gasteiger partial charge is 0.273 e. The molecule has 0 radical (unpaired) electrons. The maximum Gasteiger partial charge on any atom is 0.273 e. The molecule has 1 atom stereocenters. The van der Waals surface area contributed by atoms with E-state index < -0.39 is 6.23 Å². The highest BCUT2D eigenvalue weighted by Crippen LogP contribution is 2.21. The second-order valence-corrected chi connectivity index (χ2v) is 6.98. The SMILES string of the molecule is Cn1cc2c(n1)C(=O)NCCCOc1ccc(=O)n(n1)Cc1cccc(c1)C(O)N2. The number of hydrogen-bond donors (Lipinski definition) is 3. The van der Waals surface area contributed by atoms with Gasteiger partial charge in [0, 0.05) is 37.5 Å². The highest BCUT2D eigenvalue weighted by atomic mass is 16.5. The van der Waals surface area contributed by atoms with Gasteiger partial charge < -0.3 is 20.5 Å². The fourth-order valence-corrected chi connectivity index (χ4v) is 3.18. The number of aryl methyl sites for hydroxylation is 1. The van der Waals surface area contributed by atoms with Crippen LogP contribution in [0.4, 0.5) is 5.69 Å². The third-order valence-corrected chi connectivity index (χ3v) is 4.63. The third kappa shape index (κ3) is 4.33. The molecule has 1 aliphatic rings. The fraction of sp³-hybridized carbons (Fsp3) is 0.300. The molecule has 2 aromatic heterocycles. The van der Waals surface area contributed by atoms with E-state index >= 15 is 0 Å². The molecule has 1 aromatic carbocycles. The second-order valence-electron chi connectivity index (χ2n) is 6.98. The van der Waals surface area contributed by atoms with Gasteiger partial charge in [0.2, 0.25) is 5.88 Å². The van der Waals surface area contributed by atoms with Crippen molar-refractivity contribution >= 4 is 11.6 Å². The summed E-state index contributed by atoms with van der Waals surface area (Å²) < 4.78 is 8.43. The Hall–Kier alpha value is -3.66. The quantitative estimate of drug-likeness (QED) is 0.497. The number of ether oxygens (including phenoxy) is 1. The van der Waals surface area contributed by atoms with Crippen molar-refractivity contribution in [2.75, 3.05) is 18.5 Å². The Morgan fingerprint density at radius 2 is 2.07 bits per heavy atom. The van der Waals surface area contributed by atoms with E-state index in [1.165, 1.54) is 21.5 Å². The van der Waals surface area contributed by atoms with Crippen LogP contribution in [0.15, 0.2) is 47.4 Å². The lowest BCUT2D eigenvalue weighted by Gasteiger charge is -2.15. The largest absolute Gasteiger partial charge is 0.477 e. The molecule has 3 heterocycles. The predicted octanol–water partition coefficient (Wildman–Crippen LogP) is 0.640. The molecule has 156 valence electrons. The number of aliphatic hydroxyl groups excluding tert-OH is 1. The molecule has 0 saturated heterocycles. The summed E-state index contributed by atoms with van der Waals surface area (Å²) in [5, 5.41) is 24.8. The van der Waals surface area contributed by atoms with E-state index in [0.29, 0.717) is 36.7 Å². The summed E-state index contributed by atoms with van der Waals surface area (Å²) >= 11 is 0. The molecule has 30 heavy (non-hydrogen) atoms. The Bertz CT molecular complexity index is 1120. The summed E-state index contributed by atoms with van der Waals surface area (Å²) in [4.78, 5) is 24.7. The van der Waals surface area contributed by atoms with Crippen LogP contribution < -0.4 is 20.9 Å². The first-order valence-corrected chi connectivity index (χ1v) is 9.56. The number of fused-ring (bicyclic) bond motifs is 5. The van der Waals surface area contributed by atoms with Crippen LogP contribution in [-0.4, -0.2) is 43.7 Å². The zero-order chi connectivity index (χ0) is 21.1. The van der Waals surface area contributed by atoms with Gasteiger partial charge in [0.1, 0.15) is 0 Å². The average Bonchev–Trinajstić information content (AvgIpc) is 3.09. The molecule has 0 spiro atoms. The van der Waals surface area contributed by atoms with Crippen molar-refractivity contribution in [1.82, 2.24) is 24.9 Å². The molecule has 1 amide bonds. The van der Waals surface area contributed by atoms with E-state index in [1.54, 1.807) is 31.4 Å². The number of anilines is 1. The number of amides is 1. The number of nitrogens with zero attached hydrogens (tertiary/aromatic N) is 4. The minimum absolute atomic E-state index is 0.192. The Morgan fingerprint density at radius 1 is 1.20 bits per heavy atom. The summed E-state index contributed by atoms with van der Waals surface area (Å²) in [5.41, 5.74) is 1.72. The van der Waals surface area contributed by atoms with Crippen LogP contribution in [0.3, 0.4) is 0 Å².